The van der Waals surface area contributed by atoms with Gasteiger partial charge in [-0.15, -0.1) is 11.8 Å². The quantitative estimate of drug-likeness (QED) is 0.658. The van der Waals surface area contributed by atoms with Gasteiger partial charge in [0.05, 0.1) is 0 Å². The summed E-state index contributed by atoms with van der Waals surface area (Å²) in [5.74, 6) is 1.87. The molecule has 0 spiro atoms. The summed E-state index contributed by atoms with van der Waals surface area (Å²) in [6.45, 7) is 18.2. The smallest absolute Gasteiger partial charge is 0.137 e. The molecule has 0 aliphatic carbocycles. The minimum Gasteiger partial charge on any atom is -0.370 e. The van der Waals surface area contributed by atoms with E-state index in [0.717, 1.165) is 28.8 Å². The van der Waals surface area contributed by atoms with Crippen LogP contribution in [0.5, 0.6) is 0 Å². The highest BCUT2D eigenvalue weighted by molar-refractivity contribution is 8.00. The van der Waals surface area contributed by atoms with E-state index in [-0.39, 0.29) is 10.2 Å². The molecule has 3 nitrogen and oxygen atoms in total. The summed E-state index contributed by atoms with van der Waals surface area (Å²) >= 11 is 1.81. The van der Waals surface area contributed by atoms with Gasteiger partial charge in [0.15, 0.2) is 0 Å². The maximum Gasteiger partial charge on any atom is 0.137 e. The highest BCUT2D eigenvalue weighted by Crippen LogP contribution is 2.36. The first-order chi connectivity index (χ1) is 8.54. The average Bonchev–Trinajstić information content (AvgIpc) is 2.20. The molecule has 1 rings (SSSR count). The summed E-state index contributed by atoms with van der Waals surface area (Å²) in [6.07, 6.45) is 0. The number of thioether (sulfide) groups is 1. The number of anilines is 1. The van der Waals surface area contributed by atoms with Crippen LogP contribution in [0.25, 0.3) is 0 Å². The first-order valence-electron chi connectivity index (χ1n) is 6.86. The Kier molecular flexibility index (Phi) is 4.88. The van der Waals surface area contributed by atoms with Crippen molar-refractivity contribution in [3.8, 4) is 0 Å². The van der Waals surface area contributed by atoms with Gasteiger partial charge in [0.25, 0.3) is 0 Å². The van der Waals surface area contributed by atoms with Crippen molar-refractivity contribution in [1.82, 2.24) is 9.97 Å². The highest BCUT2D eigenvalue weighted by atomic mass is 32.2. The van der Waals surface area contributed by atoms with Crippen molar-refractivity contribution in [3.63, 3.8) is 0 Å². The number of hydrogen-bond donors (Lipinski definition) is 1. The van der Waals surface area contributed by atoms with E-state index in [4.69, 9.17) is 4.98 Å². The lowest BCUT2D eigenvalue weighted by Crippen LogP contribution is -2.20. The molecule has 0 amide bonds. The van der Waals surface area contributed by atoms with Crippen molar-refractivity contribution in [2.24, 2.45) is 0 Å². The Balaban J connectivity index is 3.32. The summed E-state index contributed by atoms with van der Waals surface area (Å²) in [5.41, 5.74) is 1.11. The highest BCUT2D eigenvalue weighted by Gasteiger charge is 2.23. The van der Waals surface area contributed by atoms with E-state index in [2.05, 4.69) is 65.7 Å². The molecule has 0 atom stereocenters. The number of nitrogens with one attached hydrogen (secondary N) is 1. The molecule has 0 aliphatic rings. The van der Waals surface area contributed by atoms with Crippen molar-refractivity contribution >= 4 is 17.6 Å². The fourth-order valence-electron chi connectivity index (χ4n) is 1.56. The third kappa shape index (κ3) is 4.68. The Morgan fingerprint density at radius 2 is 1.63 bits per heavy atom. The molecule has 4 heteroatoms. The number of aromatic nitrogens is 2. The molecule has 0 saturated carbocycles. The van der Waals surface area contributed by atoms with E-state index in [1.807, 2.05) is 0 Å². The lowest BCUT2D eigenvalue weighted by Gasteiger charge is -2.23. The van der Waals surface area contributed by atoms with Crippen LogP contribution in [0.1, 0.15) is 59.9 Å². The third-order valence-electron chi connectivity index (χ3n) is 2.52. The van der Waals surface area contributed by atoms with Gasteiger partial charge in [0.2, 0.25) is 0 Å². The normalized spacial score (nSPS) is 12.6. The molecule has 19 heavy (non-hydrogen) atoms. The van der Waals surface area contributed by atoms with Crippen molar-refractivity contribution < 1.29 is 0 Å². The van der Waals surface area contributed by atoms with E-state index < -0.39 is 0 Å². The molecular weight excluding hydrogens is 254 g/mol. The second kappa shape index (κ2) is 5.70. The van der Waals surface area contributed by atoms with Crippen molar-refractivity contribution in [2.45, 2.75) is 70.6 Å². The third-order valence-corrected chi connectivity index (χ3v) is 3.72. The zero-order valence-corrected chi connectivity index (χ0v) is 14.3. The van der Waals surface area contributed by atoms with Crippen LogP contribution in [0.3, 0.4) is 0 Å². The summed E-state index contributed by atoms with van der Waals surface area (Å²) < 4.78 is 0.151. The van der Waals surface area contributed by atoms with E-state index in [1.54, 1.807) is 11.8 Å². The van der Waals surface area contributed by atoms with Crippen LogP contribution in [-0.4, -0.2) is 21.3 Å². The van der Waals surface area contributed by atoms with Crippen LogP contribution in [0.4, 0.5) is 5.82 Å². The van der Waals surface area contributed by atoms with Gasteiger partial charge in [-0.2, -0.15) is 0 Å². The maximum atomic E-state index is 4.78. The van der Waals surface area contributed by atoms with E-state index >= 15 is 0 Å². The summed E-state index contributed by atoms with van der Waals surface area (Å²) in [5, 5.41) is 4.44. The van der Waals surface area contributed by atoms with Gasteiger partial charge in [-0.25, -0.2) is 9.97 Å². The molecule has 0 unspecified atom stereocenters. The maximum absolute atomic E-state index is 4.78. The monoisotopic (exact) mass is 281 g/mol. The Labute approximate surface area is 122 Å². The first-order valence-corrected chi connectivity index (χ1v) is 7.68. The minimum absolute atomic E-state index is 0.0366. The van der Waals surface area contributed by atoms with Gasteiger partial charge < -0.3 is 5.32 Å². The summed E-state index contributed by atoms with van der Waals surface area (Å²) in [7, 11) is 0. The Morgan fingerprint density at radius 1 is 1.05 bits per heavy atom. The zero-order chi connectivity index (χ0) is 14.8. The predicted molar refractivity (Wildman–Crippen MR) is 85.2 cm³/mol. The van der Waals surface area contributed by atoms with Gasteiger partial charge in [-0.1, -0.05) is 41.5 Å². The molecule has 0 aromatic carbocycles. The zero-order valence-electron chi connectivity index (χ0n) is 13.5. The Bertz CT molecular complexity index is 442. The molecule has 0 aliphatic heterocycles. The van der Waals surface area contributed by atoms with Crippen LogP contribution < -0.4 is 5.32 Å². The molecule has 0 bridgehead atoms. The van der Waals surface area contributed by atoms with Gasteiger partial charge in [0, 0.05) is 22.3 Å². The standard InChI is InChI=1S/C15H27N3S/c1-9-16-11-10(2)12(19-15(6,7)8)18-13(17-11)14(3,4)5/h9H2,1-8H3,(H,16,17,18). The molecule has 1 heterocycles. The predicted octanol–water partition coefficient (Wildman–Crippen LogP) is 4.40. The van der Waals surface area contributed by atoms with Gasteiger partial charge in [-0.05, 0) is 13.8 Å². The SMILES string of the molecule is CCNc1nc(C(C)(C)C)nc(SC(C)(C)C)c1C. The molecular formula is C15H27N3S. The van der Waals surface area contributed by atoms with Crippen molar-refractivity contribution in [2.75, 3.05) is 11.9 Å². The number of nitrogens with zero attached hydrogens (tertiary/aromatic N) is 2. The number of rotatable bonds is 3. The fourth-order valence-corrected chi connectivity index (χ4v) is 2.52. The molecule has 0 saturated heterocycles. The lowest BCUT2D eigenvalue weighted by atomic mass is 9.95. The average molecular weight is 281 g/mol. The van der Waals surface area contributed by atoms with Gasteiger partial charge in [0.1, 0.15) is 16.7 Å². The topological polar surface area (TPSA) is 37.8 Å². The summed E-state index contributed by atoms with van der Waals surface area (Å²) in [6, 6.07) is 0. The van der Waals surface area contributed by atoms with Gasteiger partial charge >= 0.3 is 0 Å². The van der Waals surface area contributed by atoms with Crippen LogP contribution in [0, 0.1) is 6.92 Å². The van der Waals surface area contributed by atoms with E-state index in [0.29, 0.717) is 0 Å². The fraction of sp³-hybridized carbons (Fsp3) is 0.733. The molecule has 1 N–H and O–H groups in total. The lowest BCUT2D eigenvalue weighted by molar-refractivity contribution is 0.538. The molecule has 108 valence electrons. The van der Waals surface area contributed by atoms with Crippen LogP contribution in [0.15, 0.2) is 5.03 Å². The number of hydrogen-bond acceptors (Lipinski definition) is 4. The van der Waals surface area contributed by atoms with Crippen molar-refractivity contribution in [1.29, 1.82) is 0 Å². The molecule has 1 aromatic rings. The van der Waals surface area contributed by atoms with E-state index in [1.165, 1.54) is 0 Å². The molecule has 1 aromatic heterocycles. The second-order valence-electron chi connectivity index (χ2n) is 6.82. The Morgan fingerprint density at radius 3 is 2.05 bits per heavy atom. The van der Waals surface area contributed by atoms with Crippen LogP contribution >= 0.6 is 11.8 Å². The van der Waals surface area contributed by atoms with E-state index in [9.17, 15) is 0 Å². The van der Waals surface area contributed by atoms with Crippen molar-refractivity contribution in [3.05, 3.63) is 11.4 Å². The second-order valence-corrected chi connectivity index (χ2v) is 8.64. The van der Waals surface area contributed by atoms with Gasteiger partial charge in [-0.3, -0.25) is 0 Å². The molecule has 0 fully saturated rings. The molecule has 0 radical (unpaired) electrons. The van der Waals surface area contributed by atoms with Crippen LogP contribution in [0.2, 0.25) is 0 Å². The van der Waals surface area contributed by atoms with Crippen LogP contribution in [-0.2, 0) is 5.41 Å². The minimum atomic E-state index is -0.0366. The Hall–Kier alpha value is -0.770. The largest absolute Gasteiger partial charge is 0.370 e. The summed E-state index contributed by atoms with van der Waals surface area (Å²) in [4.78, 5) is 9.47. The first kappa shape index (κ1) is 16.3.